The normalized spacial score (nSPS) is 11.1. The lowest BCUT2D eigenvalue weighted by Crippen LogP contribution is -2.42. The van der Waals surface area contributed by atoms with Crippen LogP contribution in [0.3, 0.4) is 0 Å². The lowest BCUT2D eigenvalue weighted by Gasteiger charge is -2.25. The minimum atomic E-state index is -3.96. The third-order valence-electron chi connectivity index (χ3n) is 4.96. The zero-order chi connectivity index (χ0) is 23.1. The quantitative estimate of drug-likeness (QED) is 0.510. The molecule has 6 nitrogen and oxygen atoms in total. The molecule has 1 N–H and O–H groups in total. The summed E-state index contributed by atoms with van der Waals surface area (Å²) in [6, 6.07) is 22.8. The van der Waals surface area contributed by atoms with Crippen LogP contribution in [-0.4, -0.2) is 41.0 Å². The summed E-state index contributed by atoms with van der Waals surface area (Å²) < 4.78 is 27.8. The number of benzene rings is 3. The topological polar surface area (TPSA) is 69.7 Å². The second kappa shape index (κ2) is 10.5. The van der Waals surface area contributed by atoms with Crippen molar-refractivity contribution in [2.24, 2.45) is 0 Å². The molecule has 0 aliphatic heterocycles. The van der Waals surface area contributed by atoms with Crippen LogP contribution in [0.4, 0.5) is 11.4 Å². The molecular formula is C24H26ClN3O3S. The second-order valence-electron chi connectivity index (χ2n) is 7.41. The van der Waals surface area contributed by atoms with Gasteiger partial charge in [0.15, 0.2) is 0 Å². The van der Waals surface area contributed by atoms with Crippen molar-refractivity contribution in [2.45, 2.75) is 11.8 Å². The average Bonchev–Trinajstić information content (AvgIpc) is 2.78. The highest BCUT2D eigenvalue weighted by Gasteiger charge is 2.27. The summed E-state index contributed by atoms with van der Waals surface area (Å²) in [6.07, 6.45) is 0. The fraction of sp³-hybridized carbons (Fsp3) is 0.208. The third kappa shape index (κ3) is 6.02. The Hall–Kier alpha value is -3.03. The van der Waals surface area contributed by atoms with E-state index in [0.717, 1.165) is 15.6 Å². The summed E-state index contributed by atoms with van der Waals surface area (Å²) in [7, 11) is -2.03. The van der Waals surface area contributed by atoms with E-state index in [1.54, 1.807) is 30.3 Å². The van der Waals surface area contributed by atoms with Crippen molar-refractivity contribution in [2.75, 3.05) is 35.9 Å². The number of hydrogen-bond acceptors (Lipinski definition) is 4. The van der Waals surface area contributed by atoms with E-state index in [9.17, 15) is 13.2 Å². The first kappa shape index (κ1) is 23.6. The number of aryl methyl sites for hydroxylation is 1. The van der Waals surface area contributed by atoms with Crippen LogP contribution in [0.1, 0.15) is 5.56 Å². The van der Waals surface area contributed by atoms with Crippen LogP contribution in [0.25, 0.3) is 0 Å². The molecule has 0 aliphatic rings. The van der Waals surface area contributed by atoms with E-state index in [2.05, 4.69) is 5.32 Å². The van der Waals surface area contributed by atoms with Gasteiger partial charge in [0.05, 0.1) is 10.6 Å². The number of amides is 1. The Bertz CT molecular complexity index is 1150. The summed E-state index contributed by atoms with van der Waals surface area (Å²) in [5, 5.41) is 3.20. The third-order valence-corrected chi connectivity index (χ3v) is 6.98. The number of halogens is 1. The highest BCUT2D eigenvalue weighted by molar-refractivity contribution is 7.92. The average molecular weight is 472 g/mol. The molecule has 0 aromatic heterocycles. The summed E-state index contributed by atoms with van der Waals surface area (Å²) >= 11 is 6.09. The summed E-state index contributed by atoms with van der Waals surface area (Å²) in [5.74, 6) is -0.401. The maximum Gasteiger partial charge on any atom is 0.264 e. The zero-order valence-corrected chi connectivity index (χ0v) is 19.6. The second-order valence-corrected chi connectivity index (χ2v) is 9.71. The molecule has 1 amide bonds. The van der Waals surface area contributed by atoms with Crippen LogP contribution in [0.15, 0.2) is 83.8 Å². The van der Waals surface area contributed by atoms with Gasteiger partial charge in [-0.15, -0.1) is 0 Å². The molecule has 0 fully saturated rings. The SMILES string of the molecule is Cc1ccc(S(=O)(=O)N(CC(=O)NCCN(C)c2ccccc2)c2cccc(Cl)c2)cc1. The van der Waals surface area contributed by atoms with E-state index in [0.29, 0.717) is 23.8 Å². The Morgan fingerprint density at radius 1 is 0.938 bits per heavy atom. The highest BCUT2D eigenvalue weighted by atomic mass is 35.5. The molecule has 0 spiro atoms. The van der Waals surface area contributed by atoms with Gasteiger partial charge in [-0.1, -0.05) is 53.6 Å². The number of anilines is 2. The Morgan fingerprint density at radius 2 is 1.59 bits per heavy atom. The molecule has 3 aromatic carbocycles. The predicted molar refractivity (Wildman–Crippen MR) is 130 cm³/mol. The summed E-state index contributed by atoms with van der Waals surface area (Å²) in [6.45, 7) is 2.48. The number of carbonyl (C=O) groups is 1. The van der Waals surface area contributed by atoms with Crippen molar-refractivity contribution in [1.82, 2.24) is 5.32 Å². The van der Waals surface area contributed by atoms with Crippen LogP contribution in [-0.2, 0) is 14.8 Å². The van der Waals surface area contributed by atoms with Gasteiger partial charge in [0.2, 0.25) is 5.91 Å². The number of nitrogens with one attached hydrogen (secondary N) is 1. The maximum absolute atomic E-state index is 13.4. The van der Waals surface area contributed by atoms with Crippen LogP contribution in [0.2, 0.25) is 5.02 Å². The molecule has 0 aliphatic carbocycles. The molecule has 0 unspecified atom stereocenters. The number of hydrogen-bond donors (Lipinski definition) is 1. The van der Waals surface area contributed by atoms with Crippen molar-refractivity contribution >= 4 is 38.9 Å². The molecule has 32 heavy (non-hydrogen) atoms. The molecule has 8 heteroatoms. The van der Waals surface area contributed by atoms with Gasteiger partial charge >= 0.3 is 0 Å². The van der Waals surface area contributed by atoms with Gasteiger partial charge in [-0.2, -0.15) is 0 Å². The molecule has 0 saturated heterocycles. The van der Waals surface area contributed by atoms with E-state index >= 15 is 0 Å². The van der Waals surface area contributed by atoms with E-state index in [4.69, 9.17) is 11.6 Å². The van der Waals surface area contributed by atoms with Crippen molar-refractivity contribution in [3.8, 4) is 0 Å². The first-order chi connectivity index (χ1) is 15.3. The summed E-state index contributed by atoms with van der Waals surface area (Å²) in [4.78, 5) is 14.8. The molecule has 168 valence electrons. The maximum atomic E-state index is 13.4. The monoisotopic (exact) mass is 471 g/mol. The first-order valence-electron chi connectivity index (χ1n) is 10.2. The smallest absolute Gasteiger partial charge is 0.264 e. The molecular weight excluding hydrogens is 446 g/mol. The molecule has 0 bridgehead atoms. The fourth-order valence-electron chi connectivity index (χ4n) is 3.14. The first-order valence-corrected chi connectivity index (χ1v) is 12.0. The minimum Gasteiger partial charge on any atom is -0.373 e. The van der Waals surface area contributed by atoms with Gasteiger partial charge in [0.25, 0.3) is 10.0 Å². The molecule has 0 atom stereocenters. The number of para-hydroxylation sites is 1. The van der Waals surface area contributed by atoms with Gasteiger partial charge in [-0.05, 0) is 49.4 Å². The van der Waals surface area contributed by atoms with Crippen molar-refractivity contribution in [1.29, 1.82) is 0 Å². The van der Waals surface area contributed by atoms with E-state index in [1.807, 2.05) is 49.2 Å². The summed E-state index contributed by atoms with van der Waals surface area (Å²) in [5.41, 5.74) is 2.30. The highest BCUT2D eigenvalue weighted by Crippen LogP contribution is 2.26. The van der Waals surface area contributed by atoms with Crippen LogP contribution in [0, 0.1) is 6.92 Å². The van der Waals surface area contributed by atoms with Crippen LogP contribution < -0.4 is 14.5 Å². The lowest BCUT2D eigenvalue weighted by atomic mass is 10.2. The molecule has 3 rings (SSSR count). The largest absolute Gasteiger partial charge is 0.373 e. The Labute approximate surface area is 194 Å². The van der Waals surface area contributed by atoms with Gasteiger partial charge < -0.3 is 10.2 Å². The number of nitrogens with zero attached hydrogens (tertiary/aromatic N) is 2. The van der Waals surface area contributed by atoms with Gasteiger partial charge in [-0.3, -0.25) is 9.10 Å². The Kier molecular flexibility index (Phi) is 7.77. The number of sulfonamides is 1. The van der Waals surface area contributed by atoms with Crippen molar-refractivity contribution in [3.05, 3.63) is 89.4 Å². The van der Waals surface area contributed by atoms with E-state index in [-0.39, 0.29) is 11.4 Å². The standard InChI is InChI=1S/C24H26ClN3O3S/c1-19-11-13-23(14-12-19)32(30,31)28(22-10-6-7-20(25)17-22)18-24(29)26-15-16-27(2)21-8-4-3-5-9-21/h3-14,17H,15-16,18H2,1-2H3,(H,26,29). The number of rotatable bonds is 9. The van der Waals surface area contributed by atoms with E-state index in [1.165, 1.54) is 18.2 Å². The molecule has 0 heterocycles. The Balaban J connectivity index is 1.74. The Morgan fingerprint density at radius 3 is 2.25 bits per heavy atom. The van der Waals surface area contributed by atoms with Crippen molar-refractivity contribution in [3.63, 3.8) is 0 Å². The lowest BCUT2D eigenvalue weighted by molar-refractivity contribution is -0.119. The molecule has 0 saturated carbocycles. The predicted octanol–water partition coefficient (Wildman–Crippen LogP) is 4.10. The zero-order valence-electron chi connectivity index (χ0n) is 18.0. The van der Waals surface area contributed by atoms with Gasteiger partial charge in [0, 0.05) is 30.8 Å². The minimum absolute atomic E-state index is 0.111. The van der Waals surface area contributed by atoms with Gasteiger partial charge in [-0.25, -0.2) is 8.42 Å². The molecule has 0 radical (unpaired) electrons. The van der Waals surface area contributed by atoms with E-state index < -0.39 is 15.9 Å². The fourth-order valence-corrected chi connectivity index (χ4v) is 4.74. The van der Waals surface area contributed by atoms with Crippen molar-refractivity contribution < 1.29 is 13.2 Å². The number of carbonyl (C=O) groups excluding carboxylic acids is 1. The van der Waals surface area contributed by atoms with Gasteiger partial charge in [0.1, 0.15) is 6.54 Å². The van der Waals surface area contributed by atoms with Crippen LogP contribution >= 0.6 is 11.6 Å². The number of likely N-dealkylation sites (N-methyl/N-ethyl adjacent to an activating group) is 1. The molecule has 3 aromatic rings. The van der Waals surface area contributed by atoms with Crippen LogP contribution in [0.5, 0.6) is 0 Å².